The van der Waals surface area contributed by atoms with Gasteiger partial charge in [-0.2, -0.15) is 0 Å². The quantitative estimate of drug-likeness (QED) is 0.867. The molecule has 1 aliphatic carbocycles. The smallest absolute Gasteiger partial charge is 0.258 e. The summed E-state index contributed by atoms with van der Waals surface area (Å²) < 4.78 is 5.57. The number of rotatable bonds is 5. The lowest BCUT2D eigenvalue weighted by molar-refractivity contribution is -0.124. The number of nitrogens with one attached hydrogen (secondary N) is 1. The highest BCUT2D eigenvalue weighted by molar-refractivity contribution is 5.78. The Hall–Kier alpha value is -1.55. The van der Waals surface area contributed by atoms with Crippen molar-refractivity contribution in [2.75, 3.05) is 6.61 Å². The van der Waals surface area contributed by atoms with Gasteiger partial charge in [-0.3, -0.25) is 4.79 Å². The number of benzene rings is 1. The molecule has 1 amide bonds. The summed E-state index contributed by atoms with van der Waals surface area (Å²) in [4.78, 5) is 11.8. The van der Waals surface area contributed by atoms with Gasteiger partial charge in [-0.25, -0.2) is 0 Å². The van der Waals surface area contributed by atoms with E-state index in [1.54, 1.807) is 0 Å². The van der Waals surface area contributed by atoms with Crippen molar-refractivity contribution in [3.05, 3.63) is 29.3 Å². The van der Waals surface area contributed by atoms with E-state index in [0.717, 1.165) is 25.0 Å². The first-order valence-electron chi connectivity index (χ1n) is 7.23. The fourth-order valence-corrected chi connectivity index (χ4v) is 2.37. The molecule has 1 atom stereocenters. The number of nitrogens with two attached hydrogens (primary N) is 1. The predicted octanol–water partition coefficient (Wildman–Crippen LogP) is 2.32. The van der Waals surface area contributed by atoms with E-state index in [0.29, 0.717) is 0 Å². The van der Waals surface area contributed by atoms with Crippen molar-refractivity contribution in [2.45, 2.75) is 51.6 Å². The van der Waals surface area contributed by atoms with Crippen molar-refractivity contribution >= 4 is 5.91 Å². The maximum absolute atomic E-state index is 11.8. The average molecular weight is 276 g/mol. The number of ether oxygens (including phenoxy) is 1. The van der Waals surface area contributed by atoms with Crippen LogP contribution in [0.25, 0.3) is 0 Å². The minimum atomic E-state index is -0.189. The maximum Gasteiger partial charge on any atom is 0.258 e. The lowest BCUT2D eigenvalue weighted by atomic mass is 10.0. The maximum atomic E-state index is 11.8. The monoisotopic (exact) mass is 276 g/mol. The minimum Gasteiger partial charge on any atom is -0.484 e. The van der Waals surface area contributed by atoms with Gasteiger partial charge in [0.25, 0.3) is 5.91 Å². The zero-order chi connectivity index (χ0) is 14.8. The number of carbonyl (C=O) groups excluding carboxylic acids is 1. The number of hydrogen-bond donors (Lipinski definition) is 2. The first-order chi connectivity index (χ1) is 9.41. The molecule has 0 unspecified atom stereocenters. The number of aryl methyl sites for hydroxylation is 1. The van der Waals surface area contributed by atoms with Gasteiger partial charge in [0.2, 0.25) is 0 Å². The Bertz CT molecular complexity index is 497. The van der Waals surface area contributed by atoms with Crippen LogP contribution in [0.4, 0.5) is 0 Å². The molecule has 0 heterocycles. The zero-order valence-electron chi connectivity index (χ0n) is 12.5. The highest BCUT2D eigenvalue weighted by atomic mass is 16.5. The molecule has 1 aliphatic rings. The largest absolute Gasteiger partial charge is 0.484 e. The van der Waals surface area contributed by atoms with E-state index >= 15 is 0 Å². The summed E-state index contributed by atoms with van der Waals surface area (Å²) in [5.74, 6) is 0.649. The van der Waals surface area contributed by atoms with Crippen molar-refractivity contribution in [1.82, 2.24) is 5.32 Å². The summed E-state index contributed by atoms with van der Waals surface area (Å²) in [5.41, 5.74) is 8.25. The van der Waals surface area contributed by atoms with Gasteiger partial charge < -0.3 is 15.8 Å². The second-order valence-corrected chi connectivity index (χ2v) is 6.08. The van der Waals surface area contributed by atoms with Crippen LogP contribution in [0.15, 0.2) is 18.2 Å². The molecule has 110 valence electrons. The van der Waals surface area contributed by atoms with Gasteiger partial charge in [0, 0.05) is 11.6 Å². The molecule has 3 N–H and O–H groups in total. The molecule has 0 bridgehead atoms. The van der Waals surface area contributed by atoms with Gasteiger partial charge >= 0.3 is 0 Å². The zero-order valence-corrected chi connectivity index (χ0v) is 12.5. The number of fused-ring (bicyclic) bond motifs is 1. The standard InChI is InChI=1S/C16H24N2O2/c1-4-16(2,3)18-15(19)10-20-12-6-7-13-11(9-12)5-8-14(13)17/h6-7,9,14H,4-5,8,10,17H2,1-3H3,(H,18,19)/t14-/m0/s1. The molecule has 20 heavy (non-hydrogen) atoms. The van der Waals surface area contributed by atoms with Gasteiger partial charge in [0.1, 0.15) is 5.75 Å². The van der Waals surface area contributed by atoms with Crippen LogP contribution >= 0.6 is 0 Å². The van der Waals surface area contributed by atoms with E-state index in [9.17, 15) is 4.79 Å². The molecule has 4 heteroatoms. The summed E-state index contributed by atoms with van der Waals surface area (Å²) in [6.45, 7) is 6.10. The molecule has 0 spiro atoms. The van der Waals surface area contributed by atoms with Gasteiger partial charge in [0.05, 0.1) is 0 Å². The Morgan fingerprint density at radius 3 is 2.95 bits per heavy atom. The Kier molecular flexibility index (Phi) is 4.33. The van der Waals surface area contributed by atoms with Gasteiger partial charge in [-0.1, -0.05) is 13.0 Å². The molecular weight excluding hydrogens is 252 g/mol. The second kappa shape index (κ2) is 5.83. The van der Waals surface area contributed by atoms with E-state index in [2.05, 4.69) is 5.32 Å². The van der Waals surface area contributed by atoms with Crippen molar-refractivity contribution < 1.29 is 9.53 Å². The highest BCUT2D eigenvalue weighted by Crippen LogP contribution is 2.31. The Balaban J connectivity index is 1.90. The predicted molar refractivity (Wildman–Crippen MR) is 79.7 cm³/mol. The Labute approximate surface area is 120 Å². The molecule has 4 nitrogen and oxygen atoms in total. The summed E-state index contributed by atoms with van der Waals surface area (Å²) in [6.07, 6.45) is 2.86. The van der Waals surface area contributed by atoms with Crippen LogP contribution in [0.1, 0.15) is 50.8 Å². The van der Waals surface area contributed by atoms with E-state index in [-0.39, 0.29) is 24.1 Å². The number of carbonyl (C=O) groups is 1. The highest BCUT2D eigenvalue weighted by Gasteiger charge is 2.20. The molecule has 1 aromatic rings. The fourth-order valence-electron chi connectivity index (χ4n) is 2.37. The number of amides is 1. The normalized spacial score (nSPS) is 17.7. The lowest BCUT2D eigenvalue weighted by Crippen LogP contribution is -2.44. The van der Waals surface area contributed by atoms with Crippen LogP contribution < -0.4 is 15.8 Å². The molecular formula is C16H24N2O2. The topological polar surface area (TPSA) is 64.3 Å². The average Bonchev–Trinajstić information content (AvgIpc) is 2.77. The molecule has 1 aromatic carbocycles. The second-order valence-electron chi connectivity index (χ2n) is 6.08. The van der Waals surface area contributed by atoms with Crippen LogP contribution in [0, 0.1) is 0 Å². The van der Waals surface area contributed by atoms with Crippen molar-refractivity contribution in [2.24, 2.45) is 5.73 Å². The first-order valence-corrected chi connectivity index (χ1v) is 7.23. The van der Waals surface area contributed by atoms with Crippen molar-refractivity contribution in [1.29, 1.82) is 0 Å². The first kappa shape index (κ1) is 14.9. The molecule has 0 radical (unpaired) electrons. The SMILES string of the molecule is CCC(C)(C)NC(=O)COc1ccc2c(c1)CC[C@@H]2N. The molecule has 0 saturated carbocycles. The van der Waals surface area contributed by atoms with E-state index < -0.39 is 0 Å². The minimum absolute atomic E-state index is 0.0499. The van der Waals surface area contributed by atoms with E-state index in [1.807, 2.05) is 39.0 Å². The summed E-state index contributed by atoms with van der Waals surface area (Å²) in [5, 5.41) is 2.95. The molecule has 2 rings (SSSR count). The summed E-state index contributed by atoms with van der Waals surface area (Å²) in [6, 6.07) is 6.05. The van der Waals surface area contributed by atoms with Crippen molar-refractivity contribution in [3.63, 3.8) is 0 Å². The van der Waals surface area contributed by atoms with Gasteiger partial charge in [0.15, 0.2) is 6.61 Å². The summed E-state index contributed by atoms with van der Waals surface area (Å²) >= 11 is 0. The fraction of sp³-hybridized carbons (Fsp3) is 0.562. The Morgan fingerprint density at radius 2 is 2.25 bits per heavy atom. The van der Waals surface area contributed by atoms with Crippen LogP contribution in [-0.4, -0.2) is 18.1 Å². The lowest BCUT2D eigenvalue weighted by Gasteiger charge is -2.24. The third-order valence-corrected chi connectivity index (χ3v) is 3.97. The van der Waals surface area contributed by atoms with E-state index in [1.165, 1.54) is 11.1 Å². The van der Waals surface area contributed by atoms with Crippen LogP contribution in [0.2, 0.25) is 0 Å². The van der Waals surface area contributed by atoms with E-state index in [4.69, 9.17) is 10.5 Å². The Morgan fingerprint density at radius 1 is 1.50 bits per heavy atom. The van der Waals surface area contributed by atoms with Crippen molar-refractivity contribution in [3.8, 4) is 5.75 Å². The third-order valence-electron chi connectivity index (χ3n) is 3.97. The summed E-state index contributed by atoms with van der Waals surface area (Å²) in [7, 11) is 0. The van der Waals surface area contributed by atoms with Gasteiger partial charge in [-0.05, 0) is 56.4 Å². The van der Waals surface area contributed by atoms with Crippen LogP contribution in [-0.2, 0) is 11.2 Å². The third kappa shape index (κ3) is 3.51. The molecule has 0 saturated heterocycles. The molecule has 0 aliphatic heterocycles. The van der Waals surface area contributed by atoms with Crippen LogP contribution in [0.5, 0.6) is 5.75 Å². The van der Waals surface area contributed by atoms with Gasteiger partial charge in [-0.15, -0.1) is 0 Å². The molecule has 0 aromatic heterocycles. The van der Waals surface area contributed by atoms with Crippen LogP contribution in [0.3, 0.4) is 0 Å². The molecule has 0 fully saturated rings. The number of hydrogen-bond acceptors (Lipinski definition) is 3.